The van der Waals surface area contributed by atoms with Crippen LogP contribution in [0.5, 0.6) is 0 Å². The summed E-state index contributed by atoms with van der Waals surface area (Å²) in [4.78, 5) is 10.8. The molecule has 0 amide bonds. The first-order valence-electron chi connectivity index (χ1n) is 5.63. The molecule has 18 heavy (non-hydrogen) atoms. The fourth-order valence-corrected chi connectivity index (χ4v) is 2.00. The number of aliphatic hydroxyl groups is 2. The lowest BCUT2D eigenvalue weighted by atomic mass is 10.0. The Morgan fingerprint density at radius 1 is 1.44 bits per heavy atom. The van der Waals surface area contributed by atoms with Crippen molar-refractivity contribution in [1.29, 1.82) is 0 Å². The van der Waals surface area contributed by atoms with E-state index in [-0.39, 0.29) is 0 Å². The van der Waals surface area contributed by atoms with E-state index in [0.717, 1.165) is 0 Å². The molecule has 0 saturated carbocycles. The van der Waals surface area contributed by atoms with Crippen molar-refractivity contribution >= 4 is 22.6 Å². The van der Waals surface area contributed by atoms with Gasteiger partial charge in [-0.25, -0.2) is 9.97 Å². The molecule has 2 unspecified atom stereocenters. The van der Waals surface area contributed by atoms with E-state index in [9.17, 15) is 10.2 Å². The number of nitrogens with zero attached hydrogens (tertiary/aromatic N) is 2. The average Bonchev–Trinajstić information content (AvgIpc) is 2.80. The second-order valence-corrected chi connectivity index (χ2v) is 4.39. The first kappa shape index (κ1) is 13.2. The fourth-order valence-electron chi connectivity index (χ4n) is 1.81. The van der Waals surface area contributed by atoms with Crippen LogP contribution in [0.15, 0.2) is 12.5 Å². The molecule has 0 aliphatic rings. The zero-order chi connectivity index (χ0) is 13.1. The quantitative estimate of drug-likeness (QED) is 0.598. The molecule has 2 rings (SSSR count). The number of fused-ring (bicyclic) bond motifs is 1. The van der Waals surface area contributed by atoms with E-state index in [4.69, 9.17) is 11.6 Å². The zero-order valence-corrected chi connectivity index (χ0v) is 10.6. The maximum Gasteiger partial charge on any atom is 0.156 e. The van der Waals surface area contributed by atoms with Crippen LogP contribution in [0.25, 0.3) is 11.0 Å². The number of aromatic amines is 1. The van der Waals surface area contributed by atoms with Gasteiger partial charge in [0.1, 0.15) is 17.9 Å². The highest BCUT2D eigenvalue weighted by Gasteiger charge is 2.22. The van der Waals surface area contributed by atoms with E-state index in [1.54, 1.807) is 13.2 Å². The smallest absolute Gasteiger partial charge is 0.156 e. The van der Waals surface area contributed by atoms with Crippen molar-refractivity contribution in [2.45, 2.75) is 18.6 Å². The lowest BCUT2D eigenvalue weighted by Gasteiger charge is -2.16. The summed E-state index contributed by atoms with van der Waals surface area (Å²) in [5.74, 6) is 0. The van der Waals surface area contributed by atoms with E-state index in [0.29, 0.717) is 34.7 Å². The minimum atomic E-state index is -1.00. The predicted octanol–water partition coefficient (Wildman–Crippen LogP) is 0.615. The summed E-state index contributed by atoms with van der Waals surface area (Å²) < 4.78 is 0. The number of halogens is 1. The standard InChI is InChI=1S/C11H15ClN4O2/c1-13-3-2-7(17)10(18)6-4-14-9-8(6)15-5-16-11(9)12/h4-5,7,10,13-14,17-18H,2-3H2,1H3. The first-order chi connectivity index (χ1) is 8.65. The fraction of sp³-hybridized carbons (Fsp3) is 0.455. The van der Waals surface area contributed by atoms with Crippen LogP contribution in [0, 0.1) is 0 Å². The maximum absolute atomic E-state index is 10.1. The Morgan fingerprint density at radius 3 is 2.94 bits per heavy atom. The molecule has 0 bridgehead atoms. The molecule has 2 aromatic rings. The molecule has 2 heterocycles. The average molecular weight is 271 g/mol. The normalized spacial score (nSPS) is 14.9. The monoisotopic (exact) mass is 270 g/mol. The lowest BCUT2D eigenvalue weighted by Crippen LogP contribution is -2.23. The van der Waals surface area contributed by atoms with Gasteiger partial charge in [-0.15, -0.1) is 0 Å². The summed E-state index contributed by atoms with van der Waals surface area (Å²) in [5.41, 5.74) is 1.62. The minimum Gasteiger partial charge on any atom is -0.390 e. The van der Waals surface area contributed by atoms with Gasteiger partial charge in [0.05, 0.1) is 11.6 Å². The number of nitrogens with one attached hydrogen (secondary N) is 2. The molecular weight excluding hydrogens is 256 g/mol. The molecule has 2 atom stereocenters. The van der Waals surface area contributed by atoms with Gasteiger partial charge in [0.15, 0.2) is 5.15 Å². The van der Waals surface area contributed by atoms with Crippen LogP contribution in [0.3, 0.4) is 0 Å². The van der Waals surface area contributed by atoms with E-state index in [1.165, 1.54) is 6.33 Å². The van der Waals surface area contributed by atoms with Gasteiger partial charge < -0.3 is 20.5 Å². The van der Waals surface area contributed by atoms with Gasteiger partial charge in [0.25, 0.3) is 0 Å². The third-order valence-corrected chi connectivity index (χ3v) is 3.11. The Bertz CT molecular complexity index is 531. The number of hydrogen-bond donors (Lipinski definition) is 4. The first-order valence-corrected chi connectivity index (χ1v) is 6.01. The zero-order valence-electron chi connectivity index (χ0n) is 9.89. The lowest BCUT2D eigenvalue weighted by molar-refractivity contribution is 0.0148. The Labute approximate surface area is 109 Å². The van der Waals surface area contributed by atoms with Crippen LogP contribution in [-0.2, 0) is 0 Å². The van der Waals surface area contributed by atoms with Crippen molar-refractivity contribution in [2.75, 3.05) is 13.6 Å². The summed E-state index contributed by atoms with van der Waals surface area (Å²) >= 11 is 5.90. The highest BCUT2D eigenvalue weighted by molar-refractivity contribution is 6.33. The number of rotatable bonds is 5. The largest absolute Gasteiger partial charge is 0.390 e. The third kappa shape index (κ3) is 2.46. The number of aliphatic hydroxyl groups excluding tert-OH is 2. The minimum absolute atomic E-state index is 0.295. The van der Waals surface area contributed by atoms with Crippen LogP contribution >= 0.6 is 11.6 Å². The van der Waals surface area contributed by atoms with E-state index in [2.05, 4.69) is 20.3 Å². The van der Waals surface area contributed by atoms with Gasteiger partial charge >= 0.3 is 0 Å². The van der Waals surface area contributed by atoms with Gasteiger partial charge in [-0.1, -0.05) is 11.6 Å². The maximum atomic E-state index is 10.1. The summed E-state index contributed by atoms with van der Waals surface area (Å²) in [6, 6.07) is 0. The van der Waals surface area contributed by atoms with Gasteiger partial charge in [-0.3, -0.25) is 0 Å². The molecule has 0 aliphatic heterocycles. The van der Waals surface area contributed by atoms with Gasteiger partial charge in [0.2, 0.25) is 0 Å². The highest BCUT2D eigenvalue weighted by atomic mass is 35.5. The topological polar surface area (TPSA) is 94.1 Å². The number of H-pyrrole nitrogens is 1. The van der Waals surface area contributed by atoms with Crippen molar-refractivity contribution in [2.24, 2.45) is 0 Å². The molecule has 98 valence electrons. The Hall–Kier alpha value is -1.21. The molecule has 6 nitrogen and oxygen atoms in total. The van der Waals surface area contributed by atoms with Crippen molar-refractivity contribution in [1.82, 2.24) is 20.3 Å². The third-order valence-electron chi connectivity index (χ3n) is 2.82. The Kier molecular flexibility index (Phi) is 4.13. The van der Waals surface area contributed by atoms with E-state index in [1.807, 2.05) is 0 Å². The molecule has 7 heteroatoms. The Balaban J connectivity index is 2.28. The van der Waals surface area contributed by atoms with Gasteiger partial charge in [-0.05, 0) is 20.0 Å². The predicted molar refractivity (Wildman–Crippen MR) is 68.4 cm³/mol. The Morgan fingerprint density at radius 2 is 2.22 bits per heavy atom. The molecular formula is C11H15ClN4O2. The number of hydrogen-bond acceptors (Lipinski definition) is 5. The molecule has 4 N–H and O–H groups in total. The molecule has 2 aromatic heterocycles. The van der Waals surface area contributed by atoms with Crippen molar-refractivity contribution in [3.63, 3.8) is 0 Å². The van der Waals surface area contributed by atoms with Gasteiger partial charge in [0, 0.05) is 11.8 Å². The molecule has 0 spiro atoms. The van der Waals surface area contributed by atoms with Crippen molar-refractivity contribution < 1.29 is 10.2 Å². The summed E-state index contributed by atoms with van der Waals surface area (Å²) in [7, 11) is 1.79. The molecule has 0 fully saturated rings. The second kappa shape index (κ2) is 5.62. The SMILES string of the molecule is CNCCC(O)C(O)c1c[nH]c2c(Cl)ncnc12. The molecule has 0 radical (unpaired) electrons. The van der Waals surface area contributed by atoms with Crippen LogP contribution < -0.4 is 5.32 Å². The van der Waals surface area contributed by atoms with Crippen molar-refractivity contribution in [3.05, 3.63) is 23.2 Å². The molecule has 0 saturated heterocycles. The second-order valence-electron chi connectivity index (χ2n) is 4.04. The van der Waals surface area contributed by atoms with E-state index >= 15 is 0 Å². The highest BCUT2D eigenvalue weighted by Crippen LogP contribution is 2.28. The van der Waals surface area contributed by atoms with Crippen LogP contribution in [0.2, 0.25) is 5.15 Å². The summed E-state index contributed by atoms with van der Waals surface area (Å²) in [5, 5.41) is 23.2. The molecule has 0 aliphatic carbocycles. The van der Waals surface area contributed by atoms with E-state index < -0.39 is 12.2 Å². The van der Waals surface area contributed by atoms with Crippen LogP contribution in [0.1, 0.15) is 18.1 Å². The van der Waals surface area contributed by atoms with Crippen LogP contribution in [0.4, 0.5) is 0 Å². The summed E-state index contributed by atoms with van der Waals surface area (Å²) in [6.45, 7) is 0.621. The molecule has 0 aromatic carbocycles. The van der Waals surface area contributed by atoms with Gasteiger partial charge in [-0.2, -0.15) is 0 Å². The summed E-state index contributed by atoms with van der Waals surface area (Å²) in [6.07, 6.45) is 1.51. The van der Waals surface area contributed by atoms with Crippen LogP contribution in [-0.4, -0.2) is 44.9 Å². The van der Waals surface area contributed by atoms with Crippen molar-refractivity contribution in [3.8, 4) is 0 Å². The number of aromatic nitrogens is 3.